The third kappa shape index (κ3) is 1.75. The molecule has 0 radical (unpaired) electrons. The van der Waals surface area contributed by atoms with Gasteiger partial charge in [0.05, 0.1) is 11.8 Å². The Morgan fingerprint density at radius 3 is 2.67 bits per heavy atom. The van der Waals surface area contributed by atoms with Crippen LogP contribution in [0.15, 0.2) is 16.8 Å². The van der Waals surface area contributed by atoms with Crippen LogP contribution in [0.2, 0.25) is 10.3 Å². The van der Waals surface area contributed by atoms with Gasteiger partial charge in [0, 0.05) is 0 Å². The van der Waals surface area contributed by atoms with Gasteiger partial charge in [-0.2, -0.15) is 0 Å². The molecule has 78 valence electrons. The maximum atomic E-state index is 13.1. The van der Waals surface area contributed by atoms with E-state index < -0.39 is 5.82 Å². The molecule has 4 nitrogen and oxygen atoms in total. The summed E-state index contributed by atoms with van der Waals surface area (Å²) in [5, 5.41) is 3.15. The smallest absolute Gasteiger partial charge is 0.192 e. The van der Waals surface area contributed by atoms with Gasteiger partial charge in [-0.3, -0.25) is 0 Å². The zero-order chi connectivity index (χ0) is 11.0. The number of hydrogen-bond donors (Lipinski definition) is 1. The van der Waals surface area contributed by atoms with Crippen LogP contribution < -0.4 is 5.73 Å². The largest absolute Gasteiger partial charge is 0.394 e. The van der Waals surface area contributed by atoms with Crippen molar-refractivity contribution in [3.63, 3.8) is 0 Å². The number of nitrogen functional groups attached to an aromatic ring is 1. The Morgan fingerprint density at radius 1 is 1.33 bits per heavy atom. The molecule has 0 unspecified atom stereocenters. The van der Waals surface area contributed by atoms with Gasteiger partial charge in [-0.25, -0.2) is 9.37 Å². The Labute approximate surface area is 93.8 Å². The summed E-state index contributed by atoms with van der Waals surface area (Å²) in [6.45, 7) is 0. The highest BCUT2D eigenvalue weighted by molar-refractivity contribution is 6.34. The van der Waals surface area contributed by atoms with Crippen LogP contribution in [-0.2, 0) is 0 Å². The molecule has 0 saturated heterocycles. The maximum absolute atomic E-state index is 13.1. The van der Waals surface area contributed by atoms with Crippen LogP contribution in [0.3, 0.4) is 0 Å². The lowest BCUT2D eigenvalue weighted by molar-refractivity contribution is 0.432. The fraction of sp³-hybridized carbons (Fsp3) is 0. The second-order valence-corrected chi connectivity index (χ2v) is 3.43. The summed E-state index contributed by atoms with van der Waals surface area (Å²) in [4.78, 5) is 3.58. The van der Waals surface area contributed by atoms with E-state index in [-0.39, 0.29) is 27.3 Å². The van der Waals surface area contributed by atoms with Crippen molar-refractivity contribution < 1.29 is 8.91 Å². The van der Waals surface area contributed by atoms with Crippen molar-refractivity contribution in [2.75, 3.05) is 5.73 Å². The Kier molecular flexibility index (Phi) is 2.50. The van der Waals surface area contributed by atoms with E-state index in [4.69, 9.17) is 33.5 Å². The van der Waals surface area contributed by atoms with Gasteiger partial charge in [0.25, 0.3) is 0 Å². The number of halogens is 3. The van der Waals surface area contributed by atoms with Gasteiger partial charge in [-0.15, -0.1) is 0 Å². The average molecular weight is 248 g/mol. The highest BCUT2D eigenvalue weighted by Crippen LogP contribution is 2.32. The molecule has 0 bridgehead atoms. The monoisotopic (exact) mass is 247 g/mol. The van der Waals surface area contributed by atoms with Crippen LogP contribution in [0, 0.1) is 5.82 Å². The van der Waals surface area contributed by atoms with Gasteiger partial charge < -0.3 is 10.3 Å². The molecular weight excluding hydrogens is 244 g/mol. The van der Waals surface area contributed by atoms with Crippen molar-refractivity contribution in [2.24, 2.45) is 0 Å². The third-order valence-corrected chi connectivity index (χ3v) is 2.28. The molecule has 2 aromatic rings. The molecule has 0 aliphatic carbocycles. The number of hydrogen-bond acceptors (Lipinski definition) is 4. The van der Waals surface area contributed by atoms with Crippen molar-refractivity contribution in [3.05, 3.63) is 28.4 Å². The average Bonchev–Trinajstić information content (AvgIpc) is 2.58. The summed E-state index contributed by atoms with van der Waals surface area (Å²) in [6, 6.07) is 1.09. The van der Waals surface area contributed by atoms with Gasteiger partial charge in [0.1, 0.15) is 10.8 Å². The first-order valence-electron chi connectivity index (χ1n) is 3.81. The molecule has 0 aliphatic rings. The van der Waals surface area contributed by atoms with Gasteiger partial charge in [0.15, 0.2) is 16.7 Å². The predicted molar refractivity (Wildman–Crippen MR) is 54.1 cm³/mol. The van der Waals surface area contributed by atoms with E-state index in [1.807, 2.05) is 0 Å². The second kappa shape index (κ2) is 3.67. The van der Waals surface area contributed by atoms with Crippen LogP contribution in [-0.4, -0.2) is 10.1 Å². The van der Waals surface area contributed by atoms with Crippen molar-refractivity contribution in [1.82, 2.24) is 10.1 Å². The van der Waals surface area contributed by atoms with E-state index in [0.29, 0.717) is 0 Å². The Morgan fingerprint density at radius 2 is 2.07 bits per heavy atom. The van der Waals surface area contributed by atoms with Gasteiger partial charge in [0.2, 0.25) is 0 Å². The molecule has 0 amide bonds. The lowest BCUT2D eigenvalue weighted by Crippen LogP contribution is -1.90. The summed E-state index contributed by atoms with van der Waals surface area (Å²) in [7, 11) is 0. The molecule has 0 atom stereocenters. The molecule has 7 heteroatoms. The zero-order valence-corrected chi connectivity index (χ0v) is 8.68. The molecule has 2 rings (SSSR count). The van der Waals surface area contributed by atoms with E-state index in [0.717, 1.165) is 6.07 Å². The highest BCUT2D eigenvalue weighted by Gasteiger charge is 2.16. The van der Waals surface area contributed by atoms with Crippen molar-refractivity contribution in [1.29, 1.82) is 0 Å². The lowest BCUT2D eigenvalue weighted by atomic mass is 10.2. The zero-order valence-electron chi connectivity index (χ0n) is 7.17. The van der Waals surface area contributed by atoms with E-state index in [9.17, 15) is 4.39 Å². The van der Waals surface area contributed by atoms with E-state index >= 15 is 0 Å². The minimum absolute atomic E-state index is 0.00449. The molecule has 0 aromatic carbocycles. The molecular formula is C8H4Cl2FN3O. The number of aromatic nitrogens is 2. The maximum Gasteiger partial charge on any atom is 0.192 e. The molecule has 0 fully saturated rings. The summed E-state index contributed by atoms with van der Waals surface area (Å²) < 4.78 is 17.9. The summed E-state index contributed by atoms with van der Waals surface area (Å²) >= 11 is 11.2. The number of pyridine rings is 1. The van der Waals surface area contributed by atoms with E-state index in [1.54, 1.807) is 0 Å². The number of nitrogens with zero attached hydrogens (tertiary/aromatic N) is 2. The Bertz CT molecular complexity index is 515. The lowest BCUT2D eigenvalue weighted by Gasteiger charge is -2.01. The number of nitrogens with two attached hydrogens (primary N) is 1. The molecule has 0 aliphatic heterocycles. The normalized spacial score (nSPS) is 10.6. The fourth-order valence-electron chi connectivity index (χ4n) is 1.06. The van der Waals surface area contributed by atoms with Crippen LogP contribution in [0.5, 0.6) is 0 Å². The number of rotatable bonds is 1. The molecule has 2 N–H and O–H groups in total. The summed E-state index contributed by atoms with van der Waals surface area (Å²) in [5.41, 5.74) is 6.00. The van der Waals surface area contributed by atoms with Crippen molar-refractivity contribution in [3.8, 4) is 11.3 Å². The predicted octanol–water partition coefficient (Wildman–Crippen LogP) is 2.76. The SMILES string of the molecule is Nc1cnoc1-c1cc(F)c(Cl)nc1Cl. The third-order valence-electron chi connectivity index (χ3n) is 1.73. The first-order valence-corrected chi connectivity index (χ1v) is 4.57. The minimum atomic E-state index is -0.702. The van der Waals surface area contributed by atoms with Crippen LogP contribution in [0.4, 0.5) is 10.1 Å². The number of anilines is 1. The Hall–Kier alpha value is -1.33. The van der Waals surface area contributed by atoms with Gasteiger partial charge in [-0.1, -0.05) is 28.4 Å². The standard InChI is InChI=1S/C8H4Cl2FN3O/c9-7-3(1-4(11)8(10)14-7)6-5(12)2-13-15-6/h1-2H,12H2. The van der Waals surface area contributed by atoms with Gasteiger partial charge >= 0.3 is 0 Å². The van der Waals surface area contributed by atoms with E-state index in [2.05, 4.69) is 10.1 Å². The highest BCUT2D eigenvalue weighted by atomic mass is 35.5. The molecule has 0 spiro atoms. The summed E-state index contributed by atoms with van der Waals surface area (Å²) in [6.07, 6.45) is 1.29. The fourth-order valence-corrected chi connectivity index (χ4v) is 1.46. The van der Waals surface area contributed by atoms with E-state index in [1.165, 1.54) is 6.20 Å². The first-order chi connectivity index (χ1) is 7.09. The van der Waals surface area contributed by atoms with Crippen LogP contribution in [0.1, 0.15) is 0 Å². The van der Waals surface area contributed by atoms with Crippen LogP contribution >= 0.6 is 23.2 Å². The van der Waals surface area contributed by atoms with Crippen LogP contribution in [0.25, 0.3) is 11.3 Å². The minimum Gasteiger partial charge on any atom is -0.394 e. The first kappa shape index (κ1) is 10.2. The second-order valence-electron chi connectivity index (χ2n) is 2.71. The summed E-state index contributed by atoms with van der Waals surface area (Å²) in [5.74, 6) is -0.532. The topological polar surface area (TPSA) is 64.9 Å². The van der Waals surface area contributed by atoms with Gasteiger partial charge in [-0.05, 0) is 6.07 Å². The molecule has 2 heterocycles. The quantitative estimate of drug-likeness (QED) is 0.788. The van der Waals surface area contributed by atoms with Crippen molar-refractivity contribution >= 4 is 28.9 Å². The molecule has 2 aromatic heterocycles. The van der Waals surface area contributed by atoms with Crippen molar-refractivity contribution in [2.45, 2.75) is 0 Å². The molecule has 0 saturated carbocycles. The Balaban J connectivity index is 2.64. The molecule has 15 heavy (non-hydrogen) atoms.